The van der Waals surface area contributed by atoms with Crippen LogP contribution in [-0.4, -0.2) is 25.7 Å². The Morgan fingerprint density at radius 3 is 1.86 bits per heavy atom. The molecule has 14 heavy (non-hydrogen) atoms. The number of ether oxygens (including phenoxy) is 1. The number of hydrogen-bond donors (Lipinski definition) is 0. The van der Waals surface area contributed by atoms with Crippen LogP contribution >= 0.6 is 0 Å². The van der Waals surface area contributed by atoms with Crippen LogP contribution in [0.3, 0.4) is 0 Å². The van der Waals surface area contributed by atoms with E-state index in [0.29, 0.717) is 7.18 Å². The van der Waals surface area contributed by atoms with Gasteiger partial charge in [-0.1, -0.05) is 6.92 Å². The Labute approximate surface area is 78.9 Å². The van der Waals surface area contributed by atoms with E-state index in [4.69, 9.17) is 0 Å². The van der Waals surface area contributed by atoms with E-state index in [1.807, 2.05) is 0 Å². The van der Waals surface area contributed by atoms with Crippen molar-refractivity contribution < 1.29 is 31.8 Å². The van der Waals surface area contributed by atoms with Crippen LogP contribution in [-0.2, 0) is 9.68 Å². The predicted molar refractivity (Wildman–Crippen MR) is 39.9 cm³/mol. The topological polar surface area (TPSA) is 18.5 Å². The molecule has 0 saturated heterocycles. The first kappa shape index (κ1) is 16.0. The second-order valence-corrected chi connectivity index (χ2v) is 2.44. The highest BCUT2D eigenvalue weighted by Gasteiger charge is 2.40. The number of alkyl halides is 4. The Balaban J connectivity index is 0. The lowest BCUT2D eigenvalue weighted by Crippen LogP contribution is -2.39. The summed E-state index contributed by atoms with van der Waals surface area (Å²) in [6.45, 7) is 0.381. The fraction of sp³-hybridized carbons (Fsp3) is 1.00. The molecule has 0 aliphatic heterocycles. The lowest BCUT2D eigenvalue weighted by atomic mass is 10.3. The molecule has 0 spiro atoms. The van der Waals surface area contributed by atoms with Gasteiger partial charge in [0.25, 0.3) is 0 Å². The van der Waals surface area contributed by atoms with Crippen LogP contribution < -0.4 is 0 Å². The first-order chi connectivity index (χ1) is 6.39. The molecular weight excluding hydrogens is 211 g/mol. The summed E-state index contributed by atoms with van der Waals surface area (Å²) in [6.07, 6.45) is -4.25. The Morgan fingerprint density at radius 1 is 1.21 bits per heavy atom. The summed E-state index contributed by atoms with van der Waals surface area (Å²) in [5.74, 6) is -2.51. The standard InChI is InChI=1S/C6H10F4O2.CH3F/c1-3-6(8,9)11-5(2,4-7)12-10;1-2/h3-4H2,1-2H3;1H3. The molecule has 88 valence electrons. The Morgan fingerprint density at radius 2 is 1.64 bits per heavy atom. The summed E-state index contributed by atoms with van der Waals surface area (Å²) in [4.78, 5) is 2.95. The molecule has 0 rings (SSSR count). The molecule has 1 atom stereocenters. The maximum Gasteiger partial charge on any atom is 0.358 e. The monoisotopic (exact) mass is 224 g/mol. The van der Waals surface area contributed by atoms with Crippen molar-refractivity contribution in [2.75, 3.05) is 13.9 Å². The molecule has 0 aromatic rings. The van der Waals surface area contributed by atoms with Gasteiger partial charge in [0.05, 0.1) is 7.18 Å². The second-order valence-electron chi connectivity index (χ2n) is 2.44. The molecule has 0 N–H and O–H groups in total. The van der Waals surface area contributed by atoms with Gasteiger partial charge in [0.1, 0.15) is 6.67 Å². The van der Waals surface area contributed by atoms with E-state index in [1.54, 1.807) is 0 Å². The van der Waals surface area contributed by atoms with Crippen molar-refractivity contribution in [3.8, 4) is 0 Å². The van der Waals surface area contributed by atoms with Crippen molar-refractivity contribution in [3.05, 3.63) is 0 Å². The van der Waals surface area contributed by atoms with Gasteiger partial charge in [0.2, 0.25) is 5.79 Å². The normalized spacial score (nSPS) is 15.4. The zero-order valence-electron chi connectivity index (χ0n) is 8.12. The maximum atomic E-state index is 12.4. The van der Waals surface area contributed by atoms with E-state index in [1.165, 1.54) is 0 Å². The lowest BCUT2D eigenvalue weighted by molar-refractivity contribution is -0.416. The Kier molecular flexibility index (Phi) is 7.94. The van der Waals surface area contributed by atoms with E-state index < -0.39 is 25.0 Å². The number of hydrogen-bond acceptors (Lipinski definition) is 2. The van der Waals surface area contributed by atoms with Crippen molar-refractivity contribution in [1.29, 1.82) is 0 Å². The molecule has 0 saturated carbocycles. The summed E-state index contributed by atoms with van der Waals surface area (Å²) in [6, 6.07) is 0. The van der Waals surface area contributed by atoms with Crippen molar-refractivity contribution >= 4 is 0 Å². The van der Waals surface area contributed by atoms with Gasteiger partial charge in [-0.05, 0) is 11.4 Å². The molecule has 2 nitrogen and oxygen atoms in total. The van der Waals surface area contributed by atoms with Gasteiger partial charge in [-0.25, -0.2) is 4.39 Å². The fourth-order valence-corrected chi connectivity index (χ4v) is 0.452. The molecule has 7 heteroatoms. The lowest BCUT2D eigenvalue weighted by Gasteiger charge is -2.26. The van der Waals surface area contributed by atoms with Crippen molar-refractivity contribution in [2.45, 2.75) is 32.2 Å². The molecule has 0 aromatic carbocycles. The fourth-order valence-electron chi connectivity index (χ4n) is 0.452. The Bertz CT molecular complexity index is 138. The van der Waals surface area contributed by atoms with E-state index in [-0.39, 0.29) is 0 Å². The molecule has 0 amide bonds. The highest BCUT2D eigenvalue weighted by Crippen LogP contribution is 2.28. The van der Waals surface area contributed by atoms with Crippen molar-refractivity contribution in [2.24, 2.45) is 0 Å². The smallest absolute Gasteiger partial charge is 0.282 e. The van der Waals surface area contributed by atoms with Crippen LogP contribution in [0.1, 0.15) is 20.3 Å². The minimum atomic E-state index is -3.58. The molecule has 0 aromatic heterocycles. The van der Waals surface area contributed by atoms with E-state index >= 15 is 0 Å². The van der Waals surface area contributed by atoms with Crippen LogP contribution in [0.2, 0.25) is 0 Å². The minimum Gasteiger partial charge on any atom is -0.282 e. The van der Waals surface area contributed by atoms with Crippen LogP contribution in [0.4, 0.5) is 22.1 Å². The molecule has 0 fully saturated rings. The summed E-state index contributed by atoms with van der Waals surface area (Å²) in [5.41, 5.74) is 0. The van der Waals surface area contributed by atoms with Gasteiger partial charge in [-0.3, -0.25) is 9.13 Å². The largest absolute Gasteiger partial charge is 0.358 e. The first-order valence-electron chi connectivity index (χ1n) is 3.70. The molecule has 0 bridgehead atoms. The molecule has 0 radical (unpaired) electrons. The van der Waals surface area contributed by atoms with Gasteiger partial charge in [0.15, 0.2) is 0 Å². The third kappa shape index (κ3) is 6.09. The molecule has 0 aliphatic carbocycles. The molecular formula is C7H13F5O2. The van der Waals surface area contributed by atoms with Gasteiger partial charge in [-0.2, -0.15) is 13.7 Å². The highest BCUT2D eigenvalue weighted by atomic mass is 19.3. The summed E-state index contributed by atoms with van der Waals surface area (Å²) in [5, 5.41) is 0. The average molecular weight is 224 g/mol. The number of halogens is 5. The summed E-state index contributed by atoms with van der Waals surface area (Å²) < 4.78 is 61.4. The first-order valence-corrected chi connectivity index (χ1v) is 3.70. The van der Waals surface area contributed by atoms with Gasteiger partial charge in [-0.15, -0.1) is 0 Å². The molecule has 1 unspecified atom stereocenters. The third-order valence-electron chi connectivity index (χ3n) is 1.18. The van der Waals surface area contributed by atoms with Crippen molar-refractivity contribution in [1.82, 2.24) is 0 Å². The van der Waals surface area contributed by atoms with E-state index in [9.17, 15) is 22.1 Å². The zero-order valence-corrected chi connectivity index (χ0v) is 8.12. The predicted octanol–water partition coefficient (Wildman–Crippen LogP) is 3.18. The summed E-state index contributed by atoms with van der Waals surface area (Å²) >= 11 is 0. The SMILES string of the molecule is CCC(F)(F)OC(C)(CF)OF.CF. The number of rotatable bonds is 5. The quantitative estimate of drug-likeness (QED) is 0.527. The van der Waals surface area contributed by atoms with Crippen LogP contribution in [0.25, 0.3) is 0 Å². The van der Waals surface area contributed by atoms with Crippen LogP contribution in [0.15, 0.2) is 0 Å². The van der Waals surface area contributed by atoms with E-state index in [2.05, 4.69) is 9.68 Å². The maximum absolute atomic E-state index is 12.4. The molecule has 0 aliphatic rings. The van der Waals surface area contributed by atoms with Crippen LogP contribution in [0, 0.1) is 0 Å². The second kappa shape index (κ2) is 6.94. The van der Waals surface area contributed by atoms with Crippen LogP contribution in [0.5, 0.6) is 0 Å². The molecule has 0 heterocycles. The van der Waals surface area contributed by atoms with Gasteiger partial charge >= 0.3 is 6.11 Å². The third-order valence-corrected chi connectivity index (χ3v) is 1.18. The highest BCUT2D eigenvalue weighted by molar-refractivity contribution is 4.62. The average Bonchev–Trinajstić information content (AvgIpc) is 2.20. The van der Waals surface area contributed by atoms with E-state index in [0.717, 1.165) is 13.8 Å². The summed E-state index contributed by atoms with van der Waals surface area (Å²) in [7, 11) is 0.500. The minimum absolute atomic E-state index is 0.500. The zero-order chi connectivity index (χ0) is 11.8. The Hall–Kier alpha value is -0.430. The van der Waals surface area contributed by atoms with Gasteiger partial charge < -0.3 is 0 Å². The van der Waals surface area contributed by atoms with Crippen molar-refractivity contribution in [3.63, 3.8) is 0 Å². The van der Waals surface area contributed by atoms with Gasteiger partial charge in [0, 0.05) is 6.42 Å².